The number of benzene rings is 3. The quantitative estimate of drug-likeness (QED) is 0.341. The lowest BCUT2D eigenvalue weighted by atomic mass is 9.91. The third-order valence-corrected chi connectivity index (χ3v) is 6.59. The van der Waals surface area contributed by atoms with E-state index in [0.29, 0.717) is 52.5 Å². The van der Waals surface area contributed by atoms with Gasteiger partial charge >= 0.3 is 5.63 Å². The second-order valence-electron chi connectivity index (χ2n) is 8.64. The van der Waals surface area contributed by atoms with E-state index in [-0.39, 0.29) is 12.5 Å². The highest BCUT2D eigenvalue weighted by atomic mass is 16.5. The van der Waals surface area contributed by atoms with Gasteiger partial charge in [0.15, 0.2) is 11.5 Å². The normalized spacial score (nSPS) is 14.7. The fourth-order valence-corrected chi connectivity index (χ4v) is 4.74. The van der Waals surface area contributed by atoms with Crippen molar-refractivity contribution in [3.05, 3.63) is 93.8 Å². The molecule has 5 rings (SSSR count). The molecule has 1 atom stereocenters. The van der Waals surface area contributed by atoms with Gasteiger partial charge in [-0.3, -0.25) is 4.79 Å². The molecule has 0 N–H and O–H groups in total. The molecule has 1 aliphatic heterocycles. The molecule has 0 bridgehead atoms. The lowest BCUT2D eigenvalue weighted by Gasteiger charge is -2.37. The van der Waals surface area contributed by atoms with Gasteiger partial charge in [-0.15, -0.1) is 0 Å². The molecule has 1 aliphatic rings. The summed E-state index contributed by atoms with van der Waals surface area (Å²) in [4.78, 5) is 27.7. The first-order valence-electron chi connectivity index (χ1n) is 11.9. The van der Waals surface area contributed by atoms with E-state index in [0.717, 1.165) is 11.1 Å². The first-order valence-corrected chi connectivity index (χ1v) is 11.9. The van der Waals surface area contributed by atoms with Crippen LogP contribution in [0.5, 0.6) is 23.0 Å². The number of methoxy groups -OCH3 is 3. The first-order chi connectivity index (χ1) is 18.0. The van der Waals surface area contributed by atoms with E-state index in [1.165, 1.54) is 6.07 Å². The van der Waals surface area contributed by atoms with Crippen molar-refractivity contribution in [3.63, 3.8) is 0 Å². The maximum atomic E-state index is 13.7. The average Bonchev–Trinajstić information content (AvgIpc) is 2.94. The number of nitrogens with zero attached hydrogens (tertiary/aromatic N) is 1. The number of hydrogen-bond acceptors (Lipinski definition) is 7. The highest BCUT2D eigenvalue weighted by Crippen LogP contribution is 2.39. The lowest BCUT2D eigenvalue weighted by Crippen LogP contribution is -2.42. The molecule has 1 aromatic heterocycles. The molecule has 37 heavy (non-hydrogen) atoms. The summed E-state index contributed by atoms with van der Waals surface area (Å²) in [5.74, 6) is 2.04. The molecule has 0 saturated heterocycles. The van der Waals surface area contributed by atoms with Crippen LogP contribution in [-0.4, -0.2) is 45.3 Å². The summed E-state index contributed by atoms with van der Waals surface area (Å²) in [6.07, 6.45) is 0.639. The van der Waals surface area contributed by atoms with Gasteiger partial charge in [-0.2, -0.15) is 0 Å². The summed E-state index contributed by atoms with van der Waals surface area (Å²) in [6, 6.07) is 19.0. The molecule has 2 heterocycles. The van der Waals surface area contributed by atoms with Crippen LogP contribution in [0.25, 0.3) is 11.0 Å². The van der Waals surface area contributed by atoms with Crippen LogP contribution in [0.1, 0.15) is 27.5 Å². The Bertz CT molecular complexity index is 1510. The fraction of sp³-hybridized carbons (Fsp3) is 0.241. The van der Waals surface area contributed by atoms with Gasteiger partial charge in [0.2, 0.25) is 0 Å². The van der Waals surface area contributed by atoms with Crippen molar-refractivity contribution in [2.24, 2.45) is 0 Å². The Balaban J connectivity index is 1.55. The van der Waals surface area contributed by atoms with Crippen molar-refractivity contribution in [1.82, 2.24) is 4.90 Å². The molecule has 0 saturated carbocycles. The van der Waals surface area contributed by atoms with Gasteiger partial charge in [0.1, 0.15) is 23.7 Å². The number of fused-ring (bicyclic) bond motifs is 2. The van der Waals surface area contributed by atoms with E-state index >= 15 is 0 Å². The predicted molar refractivity (Wildman–Crippen MR) is 138 cm³/mol. The van der Waals surface area contributed by atoms with Gasteiger partial charge in [-0.05, 0) is 60.0 Å². The summed E-state index contributed by atoms with van der Waals surface area (Å²) in [5, 5.41) is 0.677. The highest BCUT2D eigenvalue weighted by molar-refractivity contribution is 5.95. The fourth-order valence-electron chi connectivity index (χ4n) is 4.74. The first kappa shape index (κ1) is 24.2. The van der Waals surface area contributed by atoms with Crippen LogP contribution in [0.4, 0.5) is 0 Å². The van der Waals surface area contributed by atoms with Gasteiger partial charge in [0.25, 0.3) is 5.91 Å². The summed E-state index contributed by atoms with van der Waals surface area (Å²) < 4.78 is 27.9. The Morgan fingerprint density at radius 1 is 0.919 bits per heavy atom. The van der Waals surface area contributed by atoms with Crippen LogP contribution in [0.15, 0.2) is 75.9 Å². The Hall–Kier alpha value is -4.46. The van der Waals surface area contributed by atoms with Crippen LogP contribution < -0.4 is 24.6 Å². The van der Waals surface area contributed by atoms with Gasteiger partial charge in [0, 0.05) is 12.1 Å². The molecule has 0 radical (unpaired) electrons. The van der Waals surface area contributed by atoms with Gasteiger partial charge in [-0.1, -0.05) is 18.2 Å². The second-order valence-corrected chi connectivity index (χ2v) is 8.64. The van der Waals surface area contributed by atoms with E-state index < -0.39 is 11.7 Å². The lowest BCUT2D eigenvalue weighted by molar-refractivity contribution is 0.0589. The van der Waals surface area contributed by atoms with Crippen LogP contribution in [0.2, 0.25) is 0 Å². The SMILES string of the molecule is COc1cccc(C(=O)N2CCc3cc(OC)c(OC)cc3C2COc2cc(=O)oc3ccccc23)c1. The van der Waals surface area contributed by atoms with Gasteiger partial charge in [-0.25, -0.2) is 4.79 Å². The molecule has 190 valence electrons. The Morgan fingerprint density at radius 2 is 1.70 bits per heavy atom. The zero-order valence-electron chi connectivity index (χ0n) is 20.9. The topological polar surface area (TPSA) is 87.4 Å². The summed E-state index contributed by atoms with van der Waals surface area (Å²) in [6.45, 7) is 0.593. The molecule has 1 amide bonds. The molecule has 1 unspecified atom stereocenters. The number of carbonyl (C=O) groups is 1. The summed E-state index contributed by atoms with van der Waals surface area (Å²) in [5.41, 5.74) is 2.38. The van der Waals surface area contributed by atoms with Gasteiger partial charge in [0.05, 0.1) is 38.8 Å². The zero-order valence-corrected chi connectivity index (χ0v) is 20.9. The van der Waals surface area contributed by atoms with Crippen LogP contribution in [0.3, 0.4) is 0 Å². The van der Waals surface area contributed by atoms with Crippen molar-refractivity contribution < 1.29 is 28.2 Å². The molecule has 8 nitrogen and oxygen atoms in total. The number of amides is 1. The maximum absolute atomic E-state index is 13.7. The molecule has 4 aromatic rings. The Kier molecular flexibility index (Phi) is 6.72. The zero-order chi connectivity index (χ0) is 25.9. The smallest absolute Gasteiger partial charge is 0.339 e. The van der Waals surface area contributed by atoms with E-state index in [2.05, 4.69) is 0 Å². The molecule has 3 aromatic carbocycles. The van der Waals surface area contributed by atoms with Crippen molar-refractivity contribution in [2.75, 3.05) is 34.5 Å². The molecule has 0 aliphatic carbocycles. The van der Waals surface area contributed by atoms with E-state index in [9.17, 15) is 9.59 Å². The second kappa shape index (κ2) is 10.3. The van der Waals surface area contributed by atoms with Crippen molar-refractivity contribution in [2.45, 2.75) is 12.5 Å². The summed E-state index contributed by atoms with van der Waals surface area (Å²) in [7, 11) is 4.74. The van der Waals surface area contributed by atoms with E-state index in [1.54, 1.807) is 62.6 Å². The van der Waals surface area contributed by atoms with Gasteiger partial charge < -0.3 is 28.3 Å². The minimum atomic E-state index is -0.506. The number of hydrogen-bond donors (Lipinski definition) is 0. The van der Waals surface area contributed by atoms with E-state index in [1.807, 2.05) is 24.3 Å². The van der Waals surface area contributed by atoms with Crippen molar-refractivity contribution in [3.8, 4) is 23.0 Å². The monoisotopic (exact) mass is 501 g/mol. The predicted octanol–water partition coefficient (Wildman–Crippen LogP) is 4.64. The largest absolute Gasteiger partial charge is 0.497 e. The third-order valence-electron chi connectivity index (χ3n) is 6.59. The minimum absolute atomic E-state index is 0.117. The van der Waals surface area contributed by atoms with Crippen LogP contribution in [-0.2, 0) is 6.42 Å². The molecule has 0 spiro atoms. The third kappa shape index (κ3) is 4.70. The van der Waals surface area contributed by atoms with E-state index in [4.69, 9.17) is 23.4 Å². The van der Waals surface area contributed by atoms with Crippen LogP contribution in [0, 0.1) is 0 Å². The number of ether oxygens (including phenoxy) is 4. The van der Waals surface area contributed by atoms with Crippen LogP contribution >= 0.6 is 0 Å². The average molecular weight is 502 g/mol. The Morgan fingerprint density at radius 3 is 2.49 bits per heavy atom. The standard InChI is InChI=1S/C29H27NO7/c1-33-20-8-6-7-19(13-20)29(32)30-12-11-18-14-26(34-2)27(35-3)15-22(18)23(30)17-36-25-16-28(31)37-24-10-5-4-9-21(24)25/h4-10,13-16,23H,11-12,17H2,1-3H3. The molecule has 8 heteroatoms. The Labute approximate surface area is 213 Å². The maximum Gasteiger partial charge on any atom is 0.339 e. The molecule has 0 fully saturated rings. The number of carbonyl (C=O) groups excluding carboxylic acids is 1. The van der Waals surface area contributed by atoms with Crippen molar-refractivity contribution >= 4 is 16.9 Å². The van der Waals surface area contributed by atoms with Crippen molar-refractivity contribution in [1.29, 1.82) is 0 Å². The minimum Gasteiger partial charge on any atom is -0.497 e. The highest BCUT2D eigenvalue weighted by Gasteiger charge is 2.33. The number of para-hydroxylation sites is 1. The molecular weight excluding hydrogens is 474 g/mol. The molecular formula is C29H27NO7. The number of rotatable bonds is 7. The summed E-state index contributed by atoms with van der Waals surface area (Å²) >= 11 is 0.